The molecular weight excluding hydrogens is 230 g/mol. The number of methoxy groups -OCH3 is 1. The van der Waals surface area contributed by atoms with Gasteiger partial charge in [-0.1, -0.05) is 17.3 Å². The minimum Gasteiger partial charge on any atom is -0.497 e. The predicted molar refractivity (Wildman–Crippen MR) is 66.3 cm³/mol. The van der Waals surface area contributed by atoms with Crippen molar-refractivity contribution in [2.75, 3.05) is 13.7 Å². The van der Waals surface area contributed by atoms with Crippen molar-refractivity contribution in [3.63, 3.8) is 0 Å². The first-order chi connectivity index (χ1) is 8.86. The van der Waals surface area contributed by atoms with Gasteiger partial charge in [-0.15, -0.1) is 0 Å². The van der Waals surface area contributed by atoms with Gasteiger partial charge in [0.05, 0.1) is 13.2 Å². The molecule has 1 aliphatic heterocycles. The van der Waals surface area contributed by atoms with E-state index < -0.39 is 0 Å². The van der Waals surface area contributed by atoms with Gasteiger partial charge in [-0.25, -0.2) is 0 Å². The van der Waals surface area contributed by atoms with Gasteiger partial charge in [0.15, 0.2) is 0 Å². The van der Waals surface area contributed by atoms with E-state index in [0.29, 0.717) is 11.7 Å². The van der Waals surface area contributed by atoms with E-state index in [9.17, 15) is 0 Å². The highest BCUT2D eigenvalue weighted by atomic mass is 16.5. The summed E-state index contributed by atoms with van der Waals surface area (Å²) < 4.78 is 10.5. The molecule has 0 amide bonds. The van der Waals surface area contributed by atoms with Gasteiger partial charge in [-0.2, -0.15) is 4.98 Å². The van der Waals surface area contributed by atoms with E-state index in [2.05, 4.69) is 15.5 Å². The lowest BCUT2D eigenvalue weighted by Crippen LogP contribution is -2.12. The predicted octanol–water partition coefficient (Wildman–Crippen LogP) is 2.17. The zero-order chi connectivity index (χ0) is 12.4. The quantitative estimate of drug-likeness (QED) is 0.898. The Kier molecular flexibility index (Phi) is 2.98. The molecule has 1 aromatic carbocycles. The van der Waals surface area contributed by atoms with Crippen LogP contribution >= 0.6 is 0 Å². The molecule has 1 atom stereocenters. The molecular formula is C13H15N3O2. The number of hydrogen-bond acceptors (Lipinski definition) is 5. The van der Waals surface area contributed by atoms with Crippen molar-refractivity contribution in [2.24, 2.45) is 0 Å². The summed E-state index contributed by atoms with van der Waals surface area (Å²) >= 11 is 0. The van der Waals surface area contributed by atoms with Gasteiger partial charge in [0.2, 0.25) is 11.7 Å². The lowest BCUT2D eigenvalue weighted by Gasteiger charge is -2.02. The minimum absolute atomic E-state index is 0.205. The van der Waals surface area contributed by atoms with Gasteiger partial charge in [-0.3, -0.25) is 0 Å². The molecule has 5 nitrogen and oxygen atoms in total. The monoisotopic (exact) mass is 245 g/mol. The number of nitrogens with zero attached hydrogens (tertiary/aromatic N) is 2. The van der Waals surface area contributed by atoms with Crippen molar-refractivity contribution in [3.05, 3.63) is 30.2 Å². The van der Waals surface area contributed by atoms with Gasteiger partial charge in [0, 0.05) is 5.56 Å². The summed E-state index contributed by atoms with van der Waals surface area (Å²) in [6.45, 7) is 1.02. The van der Waals surface area contributed by atoms with Crippen LogP contribution in [-0.4, -0.2) is 23.8 Å². The van der Waals surface area contributed by atoms with E-state index in [1.165, 1.54) is 0 Å². The molecule has 0 aliphatic carbocycles. The van der Waals surface area contributed by atoms with Crippen molar-refractivity contribution in [1.82, 2.24) is 15.5 Å². The second-order valence-corrected chi connectivity index (χ2v) is 4.34. The molecule has 94 valence electrons. The Hall–Kier alpha value is -1.88. The molecule has 0 bridgehead atoms. The molecule has 2 aromatic rings. The van der Waals surface area contributed by atoms with Gasteiger partial charge < -0.3 is 14.6 Å². The van der Waals surface area contributed by atoms with E-state index in [1.807, 2.05) is 24.3 Å². The highest BCUT2D eigenvalue weighted by Crippen LogP contribution is 2.25. The fraction of sp³-hybridized carbons (Fsp3) is 0.385. The molecule has 0 saturated carbocycles. The maximum atomic E-state index is 5.31. The van der Waals surface area contributed by atoms with Crippen molar-refractivity contribution < 1.29 is 9.26 Å². The Balaban J connectivity index is 1.87. The van der Waals surface area contributed by atoms with Crippen LogP contribution in [0.3, 0.4) is 0 Å². The normalized spacial score (nSPS) is 19.1. The zero-order valence-electron chi connectivity index (χ0n) is 10.2. The fourth-order valence-corrected chi connectivity index (χ4v) is 2.15. The average molecular weight is 245 g/mol. The van der Waals surface area contributed by atoms with Crippen LogP contribution in [0.5, 0.6) is 5.75 Å². The van der Waals surface area contributed by atoms with Crippen LogP contribution in [0.2, 0.25) is 0 Å². The van der Waals surface area contributed by atoms with Crippen LogP contribution < -0.4 is 10.1 Å². The molecule has 0 radical (unpaired) electrons. The second kappa shape index (κ2) is 4.78. The molecule has 3 rings (SSSR count). The lowest BCUT2D eigenvalue weighted by molar-refractivity contribution is 0.345. The number of benzene rings is 1. The summed E-state index contributed by atoms with van der Waals surface area (Å²) in [4.78, 5) is 4.44. The SMILES string of the molecule is COc1cccc(-c2noc([C@H]3CCCN3)n2)c1. The fourth-order valence-electron chi connectivity index (χ4n) is 2.15. The maximum absolute atomic E-state index is 5.31. The summed E-state index contributed by atoms with van der Waals surface area (Å²) in [5.41, 5.74) is 0.905. The first-order valence-electron chi connectivity index (χ1n) is 6.08. The molecule has 18 heavy (non-hydrogen) atoms. The zero-order valence-corrected chi connectivity index (χ0v) is 10.2. The smallest absolute Gasteiger partial charge is 0.244 e. The highest BCUT2D eigenvalue weighted by Gasteiger charge is 2.22. The Morgan fingerprint density at radius 2 is 2.39 bits per heavy atom. The van der Waals surface area contributed by atoms with Crippen molar-refractivity contribution in [2.45, 2.75) is 18.9 Å². The van der Waals surface area contributed by atoms with Crippen LogP contribution in [0, 0.1) is 0 Å². The average Bonchev–Trinajstić information content (AvgIpc) is 3.09. The van der Waals surface area contributed by atoms with Crippen molar-refractivity contribution >= 4 is 0 Å². The first kappa shape index (κ1) is 11.2. The van der Waals surface area contributed by atoms with Crippen LogP contribution in [0.25, 0.3) is 11.4 Å². The number of nitrogens with one attached hydrogen (secondary N) is 1. The largest absolute Gasteiger partial charge is 0.497 e. The third-order valence-electron chi connectivity index (χ3n) is 3.13. The highest BCUT2D eigenvalue weighted by molar-refractivity contribution is 5.56. The van der Waals surface area contributed by atoms with Crippen LogP contribution in [0.4, 0.5) is 0 Å². The summed E-state index contributed by atoms with van der Waals surface area (Å²) in [7, 11) is 1.64. The van der Waals surface area contributed by atoms with Gasteiger partial charge >= 0.3 is 0 Å². The third-order valence-corrected chi connectivity index (χ3v) is 3.13. The van der Waals surface area contributed by atoms with E-state index in [-0.39, 0.29) is 6.04 Å². The number of rotatable bonds is 3. The summed E-state index contributed by atoms with van der Waals surface area (Å²) in [5.74, 6) is 2.07. The Labute approximate surface area is 105 Å². The van der Waals surface area contributed by atoms with Crippen LogP contribution in [0.15, 0.2) is 28.8 Å². The first-order valence-corrected chi connectivity index (χ1v) is 6.08. The summed E-state index contributed by atoms with van der Waals surface area (Å²) in [6, 6.07) is 7.86. The summed E-state index contributed by atoms with van der Waals surface area (Å²) in [6.07, 6.45) is 2.21. The number of ether oxygens (including phenoxy) is 1. The third kappa shape index (κ3) is 2.09. The van der Waals surface area contributed by atoms with E-state index in [4.69, 9.17) is 9.26 Å². The molecule has 0 spiro atoms. The van der Waals surface area contributed by atoms with Crippen LogP contribution in [0.1, 0.15) is 24.8 Å². The van der Waals surface area contributed by atoms with Crippen molar-refractivity contribution in [1.29, 1.82) is 0 Å². The van der Waals surface area contributed by atoms with Gasteiger partial charge in [0.25, 0.3) is 0 Å². The summed E-state index contributed by atoms with van der Waals surface area (Å²) in [5, 5.41) is 7.36. The molecule has 1 saturated heterocycles. The molecule has 1 aliphatic rings. The Morgan fingerprint density at radius 1 is 1.44 bits per heavy atom. The molecule has 1 aromatic heterocycles. The minimum atomic E-state index is 0.205. The molecule has 0 unspecified atom stereocenters. The van der Waals surface area contributed by atoms with Crippen molar-refractivity contribution in [3.8, 4) is 17.1 Å². The van der Waals surface area contributed by atoms with E-state index in [0.717, 1.165) is 30.7 Å². The van der Waals surface area contributed by atoms with E-state index >= 15 is 0 Å². The van der Waals surface area contributed by atoms with Crippen LogP contribution in [-0.2, 0) is 0 Å². The van der Waals surface area contributed by atoms with E-state index in [1.54, 1.807) is 7.11 Å². The van der Waals surface area contributed by atoms with Gasteiger partial charge in [-0.05, 0) is 31.5 Å². The molecule has 1 N–H and O–H groups in total. The number of aromatic nitrogens is 2. The molecule has 1 fully saturated rings. The van der Waals surface area contributed by atoms with Gasteiger partial charge in [0.1, 0.15) is 5.75 Å². The molecule has 5 heteroatoms. The Morgan fingerprint density at radius 3 is 3.17 bits per heavy atom. The topological polar surface area (TPSA) is 60.2 Å². The Bertz CT molecular complexity index is 533. The standard InChI is InChI=1S/C13H15N3O2/c1-17-10-5-2-4-9(8-10)12-15-13(18-16-12)11-6-3-7-14-11/h2,4-5,8,11,14H,3,6-7H2,1H3/t11-/m1/s1. The second-order valence-electron chi connectivity index (χ2n) is 4.34. The number of hydrogen-bond donors (Lipinski definition) is 1. The maximum Gasteiger partial charge on any atom is 0.244 e. The molecule has 2 heterocycles. The lowest BCUT2D eigenvalue weighted by atomic mass is 10.2.